The monoisotopic (exact) mass is 390 g/mol. The van der Waals surface area contributed by atoms with Crippen molar-refractivity contribution < 1.29 is 39.7 Å². The van der Waals surface area contributed by atoms with Gasteiger partial charge in [-0.3, -0.25) is 0 Å². The van der Waals surface area contributed by atoms with Gasteiger partial charge in [-0.1, -0.05) is 13.8 Å². The Bertz CT molecular complexity index is 540. The van der Waals surface area contributed by atoms with Crippen LogP contribution in [0.15, 0.2) is 0 Å². The Hall–Kier alpha value is -0.320. The fourth-order valence-electron chi connectivity index (χ4n) is 5.23. The molecule has 3 rings (SSSR count). The van der Waals surface area contributed by atoms with Crippen molar-refractivity contribution in [1.29, 1.82) is 0 Å². The molecule has 9 unspecified atom stereocenters. The van der Waals surface area contributed by atoms with E-state index in [0.29, 0.717) is 19.3 Å². The number of hydrogen-bond acceptors (Lipinski definition) is 8. The van der Waals surface area contributed by atoms with E-state index in [-0.39, 0.29) is 28.8 Å². The highest BCUT2D eigenvalue weighted by atomic mass is 16.7. The average Bonchev–Trinajstić information content (AvgIpc) is 3.19. The number of ether oxygens (including phenoxy) is 3. The van der Waals surface area contributed by atoms with E-state index in [1.165, 1.54) is 0 Å². The predicted molar refractivity (Wildman–Crippen MR) is 94.8 cm³/mol. The highest BCUT2D eigenvalue weighted by molar-refractivity contribution is 5.23. The predicted octanol–water partition coefficient (Wildman–Crippen LogP) is -0.320. The molecule has 2 heterocycles. The summed E-state index contributed by atoms with van der Waals surface area (Å²) in [6, 6.07) is 0. The molecule has 1 saturated carbocycles. The second-order valence-corrected chi connectivity index (χ2v) is 9.29. The maximum absolute atomic E-state index is 10.1. The van der Waals surface area contributed by atoms with Crippen molar-refractivity contribution in [2.24, 2.45) is 5.41 Å². The average molecular weight is 390 g/mol. The van der Waals surface area contributed by atoms with Gasteiger partial charge in [0.1, 0.15) is 30.0 Å². The lowest BCUT2D eigenvalue weighted by molar-refractivity contribution is -0.310. The van der Waals surface area contributed by atoms with Crippen LogP contribution in [0.2, 0.25) is 0 Å². The molecule has 158 valence electrons. The first-order valence-corrected chi connectivity index (χ1v) is 9.80. The molecule has 0 amide bonds. The molecule has 9 atom stereocenters. The minimum atomic E-state index is -1.44. The summed E-state index contributed by atoms with van der Waals surface area (Å²) in [6.07, 6.45) is -4.30. The van der Waals surface area contributed by atoms with Gasteiger partial charge in [-0.05, 0) is 38.5 Å². The van der Waals surface area contributed by atoms with Crippen LogP contribution in [0.25, 0.3) is 0 Å². The van der Waals surface area contributed by atoms with Crippen molar-refractivity contribution in [3.05, 3.63) is 0 Å². The van der Waals surface area contributed by atoms with Gasteiger partial charge in [0.05, 0.1) is 24.4 Å². The highest BCUT2D eigenvalue weighted by Gasteiger charge is 2.75. The minimum absolute atomic E-state index is 0.164. The van der Waals surface area contributed by atoms with E-state index in [1.54, 1.807) is 0 Å². The summed E-state index contributed by atoms with van der Waals surface area (Å²) in [4.78, 5) is 0. The van der Waals surface area contributed by atoms with Crippen LogP contribution in [0, 0.1) is 5.41 Å². The van der Waals surface area contributed by atoms with Crippen LogP contribution in [0.1, 0.15) is 53.4 Å². The molecule has 2 saturated heterocycles. The van der Waals surface area contributed by atoms with Crippen LogP contribution < -0.4 is 0 Å². The van der Waals surface area contributed by atoms with Gasteiger partial charge in [0.2, 0.25) is 0 Å². The molecule has 0 radical (unpaired) electrons. The van der Waals surface area contributed by atoms with Gasteiger partial charge >= 0.3 is 0 Å². The summed E-state index contributed by atoms with van der Waals surface area (Å²) in [5, 5.41) is 49.2. The number of epoxide rings is 1. The van der Waals surface area contributed by atoms with Crippen molar-refractivity contribution in [2.45, 2.75) is 107 Å². The Labute approximate surface area is 160 Å². The smallest absolute Gasteiger partial charge is 0.186 e. The van der Waals surface area contributed by atoms with Crippen LogP contribution in [0.3, 0.4) is 0 Å². The zero-order chi connectivity index (χ0) is 20.2. The second kappa shape index (κ2) is 7.18. The molecule has 3 aliphatic rings. The van der Waals surface area contributed by atoms with Gasteiger partial charge in [-0.25, -0.2) is 0 Å². The molecule has 0 aromatic heterocycles. The largest absolute Gasteiger partial charge is 0.394 e. The molecule has 5 N–H and O–H groups in total. The Morgan fingerprint density at radius 2 is 1.70 bits per heavy atom. The first kappa shape index (κ1) is 21.4. The summed E-state index contributed by atoms with van der Waals surface area (Å²) in [5.41, 5.74) is -0.814. The van der Waals surface area contributed by atoms with E-state index in [1.807, 2.05) is 13.8 Å². The number of aliphatic hydroxyl groups is 5. The molecular weight excluding hydrogens is 356 g/mol. The molecule has 27 heavy (non-hydrogen) atoms. The number of fused-ring (bicyclic) bond motifs is 1. The first-order valence-electron chi connectivity index (χ1n) is 9.80. The molecule has 0 spiro atoms. The highest BCUT2D eigenvalue weighted by Crippen LogP contribution is 2.67. The molecule has 8 nitrogen and oxygen atoms in total. The number of hydrogen-bond donors (Lipinski definition) is 5. The molecule has 0 bridgehead atoms. The summed E-state index contributed by atoms with van der Waals surface area (Å²) in [7, 11) is 0. The SMILES string of the molecule is CC(CCC12OC1(C)CC(O)CC2(C)C)OC1OC(CO)C(O)C(O)C1O. The normalized spacial score (nSPS) is 50.1. The second-order valence-electron chi connectivity index (χ2n) is 9.29. The molecule has 0 aromatic rings. The van der Waals surface area contributed by atoms with Gasteiger partial charge in [0.25, 0.3) is 0 Å². The Morgan fingerprint density at radius 1 is 1.04 bits per heavy atom. The van der Waals surface area contributed by atoms with Gasteiger partial charge < -0.3 is 39.7 Å². The zero-order valence-corrected chi connectivity index (χ0v) is 16.5. The lowest BCUT2D eigenvalue weighted by Crippen LogP contribution is -2.59. The molecule has 2 aliphatic heterocycles. The third-order valence-electron chi connectivity index (χ3n) is 6.79. The Morgan fingerprint density at radius 3 is 2.30 bits per heavy atom. The topological polar surface area (TPSA) is 132 Å². The number of rotatable bonds is 6. The minimum Gasteiger partial charge on any atom is -0.394 e. The maximum atomic E-state index is 10.1. The molecule has 0 aromatic carbocycles. The zero-order valence-electron chi connectivity index (χ0n) is 16.5. The summed E-state index contributed by atoms with van der Waals surface area (Å²) in [6.45, 7) is 7.64. The third kappa shape index (κ3) is 3.55. The fourth-order valence-corrected chi connectivity index (χ4v) is 5.23. The molecular formula is C19H34O8. The van der Waals surface area contributed by atoms with Crippen LogP contribution in [0.4, 0.5) is 0 Å². The Kier molecular flexibility index (Phi) is 5.69. The van der Waals surface area contributed by atoms with E-state index in [0.717, 1.165) is 6.42 Å². The lowest BCUT2D eigenvalue weighted by atomic mass is 9.61. The van der Waals surface area contributed by atoms with Crippen LogP contribution in [0.5, 0.6) is 0 Å². The van der Waals surface area contributed by atoms with E-state index in [4.69, 9.17) is 14.2 Å². The van der Waals surface area contributed by atoms with E-state index in [9.17, 15) is 25.5 Å². The van der Waals surface area contributed by atoms with Crippen LogP contribution in [-0.4, -0.2) is 86.3 Å². The lowest BCUT2D eigenvalue weighted by Gasteiger charge is -2.42. The number of aliphatic hydroxyl groups excluding tert-OH is 5. The molecule has 1 aliphatic carbocycles. The van der Waals surface area contributed by atoms with Gasteiger partial charge in [0, 0.05) is 6.42 Å². The fraction of sp³-hybridized carbons (Fsp3) is 1.00. The Balaban J connectivity index is 1.58. The third-order valence-corrected chi connectivity index (χ3v) is 6.79. The summed E-state index contributed by atoms with van der Waals surface area (Å²) >= 11 is 0. The van der Waals surface area contributed by atoms with Crippen molar-refractivity contribution in [3.63, 3.8) is 0 Å². The van der Waals surface area contributed by atoms with E-state index in [2.05, 4.69) is 13.8 Å². The first-order chi connectivity index (χ1) is 12.5. The van der Waals surface area contributed by atoms with E-state index < -0.39 is 37.3 Å². The van der Waals surface area contributed by atoms with Gasteiger partial charge in [-0.15, -0.1) is 0 Å². The summed E-state index contributed by atoms with van der Waals surface area (Å²) in [5.74, 6) is 0. The van der Waals surface area contributed by atoms with Crippen molar-refractivity contribution in [2.75, 3.05) is 6.61 Å². The molecule has 3 fully saturated rings. The quantitative estimate of drug-likeness (QED) is 0.390. The van der Waals surface area contributed by atoms with Crippen LogP contribution >= 0.6 is 0 Å². The van der Waals surface area contributed by atoms with Gasteiger partial charge in [-0.2, -0.15) is 0 Å². The van der Waals surface area contributed by atoms with Crippen molar-refractivity contribution in [3.8, 4) is 0 Å². The maximum Gasteiger partial charge on any atom is 0.186 e. The van der Waals surface area contributed by atoms with Crippen molar-refractivity contribution >= 4 is 0 Å². The summed E-state index contributed by atoms with van der Waals surface area (Å²) < 4.78 is 17.3. The van der Waals surface area contributed by atoms with Gasteiger partial charge in [0.15, 0.2) is 6.29 Å². The van der Waals surface area contributed by atoms with Crippen molar-refractivity contribution in [1.82, 2.24) is 0 Å². The molecule has 8 heteroatoms. The standard InChI is InChI=1S/C19H34O8/c1-10(25-16-15(24)14(23)13(22)12(9-20)26-16)5-6-19-17(2,3)7-11(21)8-18(19,4)27-19/h10-16,20-24H,5-9H2,1-4H3. The van der Waals surface area contributed by atoms with Crippen LogP contribution in [-0.2, 0) is 14.2 Å². The van der Waals surface area contributed by atoms with E-state index >= 15 is 0 Å².